The van der Waals surface area contributed by atoms with Gasteiger partial charge in [0, 0.05) is 17.6 Å². The van der Waals surface area contributed by atoms with Gasteiger partial charge in [0.25, 0.3) is 0 Å². The number of carbonyl (C=O) groups excluding carboxylic acids is 1. The number of ether oxygens (including phenoxy) is 1. The van der Waals surface area contributed by atoms with E-state index in [1.807, 2.05) is 24.1 Å². The maximum absolute atomic E-state index is 12.2. The van der Waals surface area contributed by atoms with Crippen molar-refractivity contribution in [3.63, 3.8) is 0 Å². The number of benzene rings is 1. The van der Waals surface area contributed by atoms with Gasteiger partial charge in [0.05, 0.1) is 6.54 Å². The van der Waals surface area contributed by atoms with Gasteiger partial charge in [-0.3, -0.25) is 9.69 Å². The molecule has 0 unspecified atom stereocenters. The molecule has 0 spiro atoms. The van der Waals surface area contributed by atoms with Crippen molar-refractivity contribution in [2.75, 3.05) is 26.7 Å². The van der Waals surface area contributed by atoms with Gasteiger partial charge in [-0.2, -0.15) is 0 Å². The highest BCUT2D eigenvalue weighted by molar-refractivity contribution is 6.30. The van der Waals surface area contributed by atoms with Crippen LogP contribution in [0.15, 0.2) is 24.3 Å². The molecule has 4 nitrogen and oxygen atoms in total. The standard InChI is InChI=1S/C19H29ClN2O2/c1-14-5-4-6-18(15(14)2)21-19(23)13-22(3)11-12-24-17-9-7-16(20)8-10-17/h7-10,14-15,18H,4-6,11-13H2,1-3H3,(H,21,23)/t14-,15+,18-/m1/s1. The van der Waals surface area contributed by atoms with Crippen LogP contribution in [-0.2, 0) is 4.79 Å². The number of hydrogen-bond acceptors (Lipinski definition) is 3. The van der Waals surface area contributed by atoms with Gasteiger partial charge in [0.15, 0.2) is 0 Å². The van der Waals surface area contributed by atoms with E-state index in [-0.39, 0.29) is 5.91 Å². The Bertz CT molecular complexity index is 521. The number of nitrogens with one attached hydrogen (secondary N) is 1. The Morgan fingerprint density at radius 2 is 2.00 bits per heavy atom. The molecule has 1 aliphatic rings. The first kappa shape index (κ1) is 19.1. The van der Waals surface area contributed by atoms with Gasteiger partial charge in [0.2, 0.25) is 5.91 Å². The van der Waals surface area contributed by atoms with Crippen LogP contribution < -0.4 is 10.1 Å². The fraction of sp³-hybridized carbons (Fsp3) is 0.632. The van der Waals surface area contributed by atoms with Crippen molar-refractivity contribution >= 4 is 17.5 Å². The zero-order valence-electron chi connectivity index (χ0n) is 14.9. The lowest BCUT2D eigenvalue weighted by atomic mass is 9.78. The minimum Gasteiger partial charge on any atom is -0.492 e. The molecule has 24 heavy (non-hydrogen) atoms. The second kappa shape index (κ2) is 9.28. The SMILES string of the molecule is C[C@H]1[C@H](C)CCC[C@H]1NC(=O)CN(C)CCOc1ccc(Cl)cc1. The van der Waals surface area contributed by atoms with E-state index in [1.54, 1.807) is 12.1 Å². The molecule has 0 aromatic heterocycles. The number of rotatable bonds is 7. The van der Waals surface area contributed by atoms with Crippen LogP contribution in [0, 0.1) is 11.8 Å². The summed E-state index contributed by atoms with van der Waals surface area (Å²) in [5, 5.41) is 3.90. The van der Waals surface area contributed by atoms with Gasteiger partial charge < -0.3 is 10.1 Å². The lowest BCUT2D eigenvalue weighted by molar-refractivity contribution is -0.123. The van der Waals surface area contributed by atoms with E-state index < -0.39 is 0 Å². The van der Waals surface area contributed by atoms with E-state index >= 15 is 0 Å². The number of carbonyl (C=O) groups is 1. The zero-order valence-corrected chi connectivity index (χ0v) is 15.7. The average Bonchev–Trinajstić information content (AvgIpc) is 2.53. The Hall–Kier alpha value is -1.26. The predicted octanol–water partition coefficient (Wildman–Crippen LogP) is 3.59. The van der Waals surface area contributed by atoms with Crippen LogP contribution in [0.4, 0.5) is 0 Å². The molecule has 1 fully saturated rings. The van der Waals surface area contributed by atoms with Crippen LogP contribution in [-0.4, -0.2) is 43.6 Å². The van der Waals surface area contributed by atoms with Crippen LogP contribution in [0.2, 0.25) is 5.02 Å². The normalized spacial score (nSPS) is 24.0. The van der Waals surface area contributed by atoms with Gasteiger partial charge in [-0.25, -0.2) is 0 Å². The van der Waals surface area contributed by atoms with Gasteiger partial charge >= 0.3 is 0 Å². The molecule has 0 saturated heterocycles. The maximum atomic E-state index is 12.2. The predicted molar refractivity (Wildman–Crippen MR) is 98.6 cm³/mol. The van der Waals surface area contributed by atoms with Crippen molar-refractivity contribution < 1.29 is 9.53 Å². The summed E-state index contributed by atoms with van der Waals surface area (Å²) in [7, 11) is 1.94. The zero-order chi connectivity index (χ0) is 17.5. The van der Waals surface area contributed by atoms with E-state index in [4.69, 9.17) is 16.3 Å². The summed E-state index contributed by atoms with van der Waals surface area (Å²) in [6, 6.07) is 7.63. The number of likely N-dealkylation sites (N-methyl/N-ethyl adjacent to an activating group) is 1. The topological polar surface area (TPSA) is 41.6 Å². The highest BCUT2D eigenvalue weighted by Gasteiger charge is 2.28. The van der Waals surface area contributed by atoms with Crippen LogP contribution in [0.3, 0.4) is 0 Å². The third-order valence-corrected chi connectivity index (χ3v) is 5.27. The van der Waals surface area contributed by atoms with E-state index in [0.717, 1.165) is 12.2 Å². The molecule has 1 aromatic carbocycles. The Labute approximate surface area is 150 Å². The molecular weight excluding hydrogens is 324 g/mol. The smallest absolute Gasteiger partial charge is 0.234 e. The van der Waals surface area contributed by atoms with Crippen molar-refractivity contribution in [3.8, 4) is 5.75 Å². The first-order valence-electron chi connectivity index (χ1n) is 8.82. The number of hydrogen-bond donors (Lipinski definition) is 1. The summed E-state index contributed by atoms with van der Waals surface area (Å²) < 4.78 is 5.66. The number of nitrogens with zero attached hydrogens (tertiary/aromatic N) is 1. The Morgan fingerprint density at radius 3 is 2.71 bits per heavy atom. The molecule has 0 heterocycles. The van der Waals surface area contributed by atoms with Gasteiger partial charge in [-0.1, -0.05) is 38.3 Å². The second-order valence-electron chi connectivity index (χ2n) is 6.98. The van der Waals surface area contributed by atoms with Gasteiger partial charge in [-0.05, 0) is 49.6 Å². The molecule has 0 aliphatic heterocycles. The average molecular weight is 353 g/mol. The summed E-state index contributed by atoms with van der Waals surface area (Å²) in [6.45, 7) is 6.18. The van der Waals surface area contributed by atoms with E-state index in [9.17, 15) is 4.79 Å². The Balaban J connectivity index is 1.66. The molecule has 1 saturated carbocycles. The first-order valence-corrected chi connectivity index (χ1v) is 9.19. The monoisotopic (exact) mass is 352 g/mol. The van der Waals surface area contributed by atoms with E-state index in [0.29, 0.717) is 42.6 Å². The molecule has 3 atom stereocenters. The third kappa shape index (κ3) is 5.99. The van der Waals surface area contributed by atoms with E-state index in [1.165, 1.54) is 12.8 Å². The lowest BCUT2D eigenvalue weighted by Crippen LogP contribution is -2.47. The summed E-state index contributed by atoms with van der Waals surface area (Å²) in [4.78, 5) is 14.2. The number of amides is 1. The molecule has 0 bridgehead atoms. The Kier molecular flexibility index (Phi) is 7.38. The van der Waals surface area contributed by atoms with Gasteiger partial charge in [-0.15, -0.1) is 0 Å². The first-order chi connectivity index (χ1) is 11.5. The largest absolute Gasteiger partial charge is 0.492 e. The van der Waals surface area contributed by atoms with Crippen LogP contribution in [0.1, 0.15) is 33.1 Å². The fourth-order valence-corrected chi connectivity index (χ4v) is 3.34. The van der Waals surface area contributed by atoms with Crippen molar-refractivity contribution in [1.82, 2.24) is 10.2 Å². The highest BCUT2D eigenvalue weighted by Crippen LogP contribution is 2.29. The van der Waals surface area contributed by atoms with Crippen molar-refractivity contribution in [1.29, 1.82) is 0 Å². The van der Waals surface area contributed by atoms with Gasteiger partial charge in [0.1, 0.15) is 12.4 Å². The minimum atomic E-state index is 0.106. The van der Waals surface area contributed by atoms with Crippen molar-refractivity contribution in [2.24, 2.45) is 11.8 Å². The summed E-state index contributed by atoms with van der Waals surface area (Å²) >= 11 is 5.84. The summed E-state index contributed by atoms with van der Waals surface area (Å²) in [5.41, 5.74) is 0. The fourth-order valence-electron chi connectivity index (χ4n) is 3.21. The molecular formula is C19H29ClN2O2. The molecule has 1 aliphatic carbocycles. The molecule has 2 rings (SSSR count). The molecule has 0 radical (unpaired) electrons. The van der Waals surface area contributed by atoms with Crippen LogP contribution >= 0.6 is 11.6 Å². The minimum absolute atomic E-state index is 0.106. The summed E-state index contributed by atoms with van der Waals surface area (Å²) in [6.07, 6.45) is 3.58. The third-order valence-electron chi connectivity index (χ3n) is 5.02. The molecule has 134 valence electrons. The molecule has 5 heteroatoms. The molecule has 1 aromatic rings. The van der Waals surface area contributed by atoms with Crippen LogP contribution in [0.25, 0.3) is 0 Å². The van der Waals surface area contributed by atoms with Crippen molar-refractivity contribution in [2.45, 2.75) is 39.2 Å². The lowest BCUT2D eigenvalue weighted by Gasteiger charge is -2.35. The highest BCUT2D eigenvalue weighted by atomic mass is 35.5. The number of halogens is 1. The Morgan fingerprint density at radius 1 is 1.29 bits per heavy atom. The quantitative estimate of drug-likeness (QED) is 0.815. The second-order valence-corrected chi connectivity index (χ2v) is 7.42. The maximum Gasteiger partial charge on any atom is 0.234 e. The molecule has 1 amide bonds. The van der Waals surface area contributed by atoms with Crippen molar-refractivity contribution in [3.05, 3.63) is 29.3 Å². The molecule has 1 N–H and O–H groups in total. The summed E-state index contributed by atoms with van der Waals surface area (Å²) in [5.74, 6) is 2.15. The van der Waals surface area contributed by atoms with Crippen LogP contribution in [0.5, 0.6) is 5.75 Å². The van der Waals surface area contributed by atoms with E-state index in [2.05, 4.69) is 19.2 Å².